The monoisotopic (exact) mass is 1140 g/mol. The van der Waals surface area contributed by atoms with Gasteiger partial charge in [0.2, 0.25) is 10.8 Å². The molecule has 6 aromatic carbocycles. The van der Waals surface area contributed by atoms with E-state index < -0.39 is 147 Å². The van der Waals surface area contributed by atoms with Crippen LogP contribution in [-0.4, -0.2) is 47.0 Å². The Balaban J connectivity index is 1.12. The fourth-order valence-corrected chi connectivity index (χ4v) is 13.3. The van der Waals surface area contributed by atoms with Crippen molar-refractivity contribution in [2.75, 3.05) is 0 Å². The van der Waals surface area contributed by atoms with Gasteiger partial charge < -0.3 is 18.9 Å². The first kappa shape index (κ1) is 52.9. The fourth-order valence-electron chi connectivity index (χ4n) is 10.6. The Bertz CT molecular complexity index is 4000. The molecule has 0 saturated heterocycles. The molecule has 8 aromatic rings. The maximum atomic E-state index is 16.0. The number of fused-ring (bicyclic) bond motifs is 7. The molecule has 0 N–H and O–H groups in total. The lowest BCUT2D eigenvalue weighted by Gasteiger charge is -2.33. The first-order valence-electron chi connectivity index (χ1n) is 25.1. The van der Waals surface area contributed by atoms with Crippen molar-refractivity contribution in [3.8, 4) is 9.75 Å². The Kier molecular flexibility index (Phi) is 13.4. The summed E-state index contributed by atoms with van der Waals surface area (Å²) in [5, 5.41) is 0. The van der Waals surface area contributed by atoms with Gasteiger partial charge in [0.25, 0.3) is 0 Å². The van der Waals surface area contributed by atoms with Gasteiger partial charge in [0.05, 0.1) is 20.9 Å². The molecule has 0 amide bonds. The van der Waals surface area contributed by atoms with E-state index in [1.54, 1.807) is 121 Å². The van der Waals surface area contributed by atoms with E-state index in [2.05, 4.69) is 0 Å². The minimum atomic E-state index is -2.98. The third-order valence-electron chi connectivity index (χ3n) is 14.5. The smallest absolute Gasteiger partial charge is 0.333 e. The van der Waals surface area contributed by atoms with Crippen molar-refractivity contribution in [3.05, 3.63) is 269 Å². The lowest BCUT2D eigenvalue weighted by Crippen LogP contribution is -2.51. The summed E-state index contributed by atoms with van der Waals surface area (Å²) in [6.07, 6.45) is 3.36. The van der Waals surface area contributed by atoms with E-state index in [1.807, 2.05) is 0 Å². The van der Waals surface area contributed by atoms with Gasteiger partial charge in [-0.15, -0.1) is 22.7 Å². The summed E-state index contributed by atoms with van der Waals surface area (Å²) in [4.78, 5) is 120. The van der Waals surface area contributed by atoms with Crippen molar-refractivity contribution < 1.29 is 74.9 Å². The first-order valence-corrected chi connectivity index (χ1v) is 26.7. The van der Waals surface area contributed by atoms with Crippen molar-refractivity contribution in [1.29, 1.82) is 0 Å². The highest BCUT2D eigenvalue weighted by atomic mass is 32.1. The molecule has 12 rings (SSSR count). The summed E-state index contributed by atoms with van der Waals surface area (Å²) in [6.45, 7) is -1.89. The minimum Gasteiger partial charge on any atom is -0.459 e. The van der Waals surface area contributed by atoms with Gasteiger partial charge in [-0.05, 0) is 76.4 Å². The summed E-state index contributed by atoms with van der Waals surface area (Å²) >= 11 is 1.73. The third kappa shape index (κ3) is 8.56. The number of Topliss-reactive ketones (excluding diaryl/α,β-unsaturated/α-hetero) is 4. The molecule has 404 valence electrons. The molecule has 0 atom stereocenters. The van der Waals surface area contributed by atoms with Crippen LogP contribution in [0.25, 0.3) is 21.9 Å². The Morgan fingerprint density at radius 3 is 1.12 bits per heavy atom. The number of thiophene rings is 2. The number of benzene rings is 6. The highest BCUT2D eigenvalue weighted by Gasteiger charge is 2.68. The van der Waals surface area contributed by atoms with E-state index in [0.29, 0.717) is 46.5 Å². The Morgan fingerprint density at radius 2 is 0.756 bits per heavy atom. The second-order valence-electron chi connectivity index (χ2n) is 19.3. The minimum absolute atomic E-state index is 0.00614. The molecule has 2 aromatic heterocycles. The second-order valence-corrected chi connectivity index (χ2v) is 21.5. The number of carbonyl (C=O) groups excluding carboxylic acids is 8. The zero-order valence-corrected chi connectivity index (χ0v) is 43.9. The van der Waals surface area contributed by atoms with Crippen molar-refractivity contribution >= 4 is 81.8 Å². The Labute approximate surface area is 470 Å². The standard InChI is InChI=1S/C64H36F4O12S2/c65-46-25-39-40(26-47(46)66)54(70)43(53(39)69)21-37-22-50-51(63(37,59(73)77-29-33-13-5-1-6-14-33)60(74)78-30-34-15-7-2-8-16-34)52-58(82-50)57-45(24-38(81-57)23-44-55(71)41-27-48(67)49(68)28-42(41)56(44)72)64(52,61(75)79-31-35-17-9-3-10-18-35)62(76)80-32-36-19-11-4-12-20-36/h1-28H,29-32H2. The van der Waals surface area contributed by atoms with Gasteiger partial charge in [0, 0.05) is 48.7 Å². The lowest BCUT2D eigenvalue weighted by molar-refractivity contribution is -0.167. The topological polar surface area (TPSA) is 173 Å². The Morgan fingerprint density at radius 1 is 0.415 bits per heavy atom. The molecule has 0 radical (unpaired) electrons. The molecular formula is C64H36F4O12S2. The Hall–Kier alpha value is -9.78. The number of hydrogen-bond acceptors (Lipinski definition) is 14. The number of rotatable bonds is 14. The highest BCUT2D eigenvalue weighted by Crippen LogP contribution is 2.64. The summed E-state index contributed by atoms with van der Waals surface area (Å²) in [6, 6.07) is 37.0. The maximum Gasteiger partial charge on any atom is 0.333 e. The summed E-state index contributed by atoms with van der Waals surface area (Å²) in [7, 11) is 0. The predicted molar refractivity (Wildman–Crippen MR) is 289 cm³/mol. The number of ether oxygens (including phenoxy) is 4. The summed E-state index contributed by atoms with van der Waals surface area (Å²) in [5.74, 6) is -15.0. The molecular weight excluding hydrogens is 1100 g/mol. The largest absolute Gasteiger partial charge is 0.459 e. The predicted octanol–water partition coefficient (Wildman–Crippen LogP) is 11.7. The van der Waals surface area contributed by atoms with Gasteiger partial charge in [-0.1, -0.05) is 121 Å². The van der Waals surface area contributed by atoms with E-state index in [0.717, 1.165) is 34.8 Å². The third-order valence-corrected chi connectivity index (χ3v) is 16.9. The average molecular weight is 1140 g/mol. The van der Waals surface area contributed by atoms with Crippen LogP contribution in [0.15, 0.2) is 174 Å². The zero-order valence-electron chi connectivity index (χ0n) is 42.2. The number of esters is 4. The van der Waals surface area contributed by atoms with Crippen LogP contribution in [0.2, 0.25) is 0 Å². The number of hydrogen-bond donors (Lipinski definition) is 0. The van der Waals surface area contributed by atoms with E-state index in [1.165, 1.54) is 12.1 Å². The van der Waals surface area contributed by atoms with Gasteiger partial charge >= 0.3 is 23.9 Å². The molecule has 0 bridgehead atoms. The van der Waals surface area contributed by atoms with E-state index in [9.17, 15) is 36.7 Å². The van der Waals surface area contributed by atoms with Crippen LogP contribution in [0, 0.1) is 23.3 Å². The number of ketones is 4. The quantitative estimate of drug-likeness (QED) is 0.0252. The summed E-state index contributed by atoms with van der Waals surface area (Å²) < 4.78 is 83.1. The van der Waals surface area contributed by atoms with Crippen molar-refractivity contribution in [1.82, 2.24) is 0 Å². The SMILES string of the molecule is O=C1C(=CC2=Cc3sc4c(c3C2(C(=O)OCc2ccccc2)C(=O)OCc2ccccc2)C(C(=O)OCc2ccccc2)(C(=O)OCc2ccccc2)c2cc(C=C3C(=O)c5cc(F)c(F)cc5C3=O)sc2-4)C(=O)c2cc(F)c(F)cc21. The van der Waals surface area contributed by atoms with E-state index >= 15 is 19.2 Å². The van der Waals surface area contributed by atoms with Gasteiger partial charge in [0.1, 0.15) is 26.4 Å². The van der Waals surface area contributed by atoms with Gasteiger partial charge in [-0.3, -0.25) is 38.4 Å². The molecule has 0 aliphatic heterocycles. The van der Waals surface area contributed by atoms with E-state index in [-0.39, 0.29) is 36.2 Å². The molecule has 18 heteroatoms. The number of allylic oxidation sites excluding steroid dienone is 3. The van der Waals surface area contributed by atoms with Crippen LogP contribution in [0.5, 0.6) is 0 Å². The molecule has 0 unspecified atom stereocenters. The fraction of sp³-hybridized carbons (Fsp3) is 0.0938. The molecule has 0 fully saturated rings. The molecule has 4 aliphatic carbocycles. The molecule has 0 saturated carbocycles. The van der Waals surface area contributed by atoms with Crippen LogP contribution in [0.1, 0.15) is 90.1 Å². The van der Waals surface area contributed by atoms with Gasteiger partial charge in [-0.25, -0.2) is 17.6 Å². The van der Waals surface area contributed by atoms with Crippen molar-refractivity contribution in [2.24, 2.45) is 0 Å². The van der Waals surface area contributed by atoms with Crippen LogP contribution in [-0.2, 0) is 75.4 Å². The highest BCUT2D eigenvalue weighted by molar-refractivity contribution is 7.23. The normalized spacial score (nSPS) is 14.8. The number of carbonyl (C=O) groups is 8. The molecule has 82 heavy (non-hydrogen) atoms. The van der Waals surface area contributed by atoms with Gasteiger partial charge in [-0.2, -0.15) is 0 Å². The van der Waals surface area contributed by atoms with Gasteiger partial charge in [0.15, 0.2) is 46.4 Å². The van der Waals surface area contributed by atoms with Crippen molar-refractivity contribution in [3.63, 3.8) is 0 Å². The number of halogens is 4. The van der Waals surface area contributed by atoms with Crippen molar-refractivity contribution in [2.45, 2.75) is 37.3 Å². The van der Waals surface area contributed by atoms with E-state index in [4.69, 9.17) is 18.9 Å². The molecule has 2 heterocycles. The summed E-state index contributed by atoms with van der Waals surface area (Å²) in [5.41, 5.74) is -8.34. The van der Waals surface area contributed by atoms with Crippen LogP contribution < -0.4 is 0 Å². The lowest BCUT2D eigenvalue weighted by atomic mass is 9.69. The first-order chi connectivity index (χ1) is 39.6. The molecule has 0 spiro atoms. The molecule has 12 nitrogen and oxygen atoms in total. The van der Waals surface area contributed by atoms with Crippen LogP contribution >= 0.6 is 22.7 Å². The van der Waals surface area contributed by atoms with Crippen LogP contribution in [0.4, 0.5) is 17.6 Å². The molecule has 4 aliphatic rings. The average Bonchev–Trinajstić information content (AvgIpc) is 2.53. The maximum absolute atomic E-state index is 16.0. The van der Waals surface area contributed by atoms with Crippen LogP contribution in [0.3, 0.4) is 0 Å². The second kappa shape index (κ2) is 20.7. The zero-order chi connectivity index (χ0) is 57.2.